The molecule has 200 valence electrons. The lowest BCUT2D eigenvalue weighted by Crippen LogP contribution is -2.23. The smallest absolute Gasteiger partial charge is 0.266 e. The van der Waals surface area contributed by atoms with E-state index in [0.29, 0.717) is 15.3 Å². The molecule has 0 fully saturated rings. The molecule has 6 nitrogen and oxygen atoms in total. The molecule has 0 saturated heterocycles. The van der Waals surface area contributed by atoms with Crippen LogP contribution < -0.4 is 10.1 Å². The summed E-state index contributed by atoms with van der Waals surface area (Å²) >= 11 is 1.34. The van der Waals surface area contributed by atoms with Crippen molar-refractivity contribution in [1.29, 1.82) is 0 Å². The van der Waals surface area contributed by atoms with Crippen LogP contribution in [0.5, 0.6) is 0 Å². The summed E-state index contributed by atoms with van der Waals surface area (Å²) in [5, 5.41) is 11.8. The molecule has 0 aliphatic carbocycles. The van der Waals surface area contributed by atoms with Crippen LogP contribution in [0, 0.1) is 0 Å². The molecule has 0 radical (unpaired) electrons. The Bertz CT molecular complexity index is 2150. The van der Waals surface area contributed by atoms with E-state index in [-0.39, 0.29) is 11.0 Å². The lowest BCUT2D eigenvalue weighted by atomic mass is 9.87. The van der Waals surface area contributed by atoms with Crippen molar-refractivity contribution in [3.8, 4) is 28.3 Å². The Morgan fingerprint density at radius 1 is 0.780 bits per heavy atom. The summed E-state index contributed by atoms with van der Waals surface area (Å²) in [4.78, 5) is 18.7. The second-order valence-electron chi connectivity index (χ2n) is 11.1. The van der Waals surface area contributed by atoms with Crippen LogP contribution in [0.1, 0.15) is 31.9 Å². The molecule has 0 aliphatic heterocycles. The van der Waals surface area contributed by atoms with E-state index in [1.807, 2.05) is 71.6 Å². The van der Waals surface area contributed by atoms with Crippen molar-refractivity contribution in [2.24, 2.45) is 0 Å². The first kappa shape index (κ1) is 25.1. The van der Waals surface area contributed by atoms with Crippen LogP contribution in [0.3, 0.4) is 0 Å². The van der Waals surface area contributed by atoms with E-state index in [9.17, 15) is 4.79 Å². The first-order valence-corrected chi connectivity index (χ1v) is 14.3. The molecular weight excluding hydrogens is 526 g/mol. The van der Waals surface area contributed by atoms with Crippen molar-refractivity contribution in [3.05, 3.63) is 129 Å². The Morgan fingerprint density at radius 3 is 2.22 bits per heavy atom. The Kier molecular flexibility index (Phi) is 5.91. The highest BCUT2D eigenvalue weighted by atomic mass is 32.1. The van der Waals surface area contributed by atoms with Crippen LogP contribution >= 0.6 is 11.3 Å². The third-order valence-electron chi connectivity index (χ3n) is 7.26. The van der Waals surface area contributed by atoms with Gasteiger partial charge >= 0.3 is 0 Å². The van der Waals surface area contributed by atoms with Gasteiger partial charge in [0.15, 0.2) is 5.82 Å². The number of rotatable bonds is 4. The third-order valence-corrected chi connectivity index (χ3v) is 8.22. The molecule has 0 bridgehead atoms. The van der Waals surface area contributed by atoms with Crippen LogP contribution in [0.25, 0.3) is 50.1 Å². The maximum Gasteiger partial charge on any atom is 0.291 e. The average Bonchev–Trinajstić information content (AvgIpc) is 3.68. The van der Waals surface area contributed by atoms with Gasteiger partial charge in [0.2, 0.25) is 4.96 Å². The van der Waals surface area contributed by atoms with Crippen molar-refractivity contribution in [3.63, 3.8) is 0 Å². The van der Waals surface area contributed by atoms with Gasteiger partial charge in [-0.2, -0.15) is 14.6 Å². The molecule has 41 heavy (non-hydrogen) atoms. The molecule has 4 aromatic carbocycles. The van der Waals surface area contributed by atoms with Crippen molar-refractivity contribution >= 4 is 33.1 Å². The van der Waals surface area contributed by atoms with Gasteiger partial charge in [0.05, 0.1) is 10.2 Å². The summed E-state index contributed by atoms with van der Waals surface area (Å²) in [6, 6.07) is 32.8. The van der Waals surface area contributed by atoms with Crippen LogP contribution in [0.4, 0.5) is 0 Å². The van der Waals surface area contributed by atoms with Crippen LogP contribution in [0.15, 0.2) is 108 Å². The molecule has 3 heterocycles. The highest BCUT2D eigenvalue weighted by molar-refractivity contribution is 7.15. The topological polar surface area (TPSA) is 65.1 Å². The molecule has 0 atom stereocenters. The van der Waals surface area contributed by atoms with E-state index in [2.05, 4.69) is 68.3 Å². The largest absolute Gasteiger partial charge is 0.291 e. The second-order valence-corrected chi connectivity index (χ2v) is 12.2. The Balaban J connectivity index is 1.33. The van der Waals surface area contributed by atoms with E-state index < -0.39 is 0 Å². The molecule has 0 aliphatic rings. The Hall–Kier alpha value is -4.88. The fourth-order valence-corrected chi connectivity index (χ4v) is 5.88. The minimum Gasteiger partial charge on any atom is -0.266 e. The zero-order valence-electron chi connectivity index (χ0n) is 22.9. The highest BCUT2D eigenvalue weighted by Crippen LogP contribution is 2.28. The Labute approximate surface area is 240 Å². The number of thiazole rings is 1. The van der Waals surface area contributed by atoms with Gasteiger partial charge in [-0.3, -0.25) is 4.79 Å². The fourth-order valence-electron chi connectivity index (χ4n) is 4.98. The van der Waals surface area contributed by atoms with Gasteiger partial charge in [-0.25, -0.2) is 4.68 Å². The van der Waals surface area contributed by atoms with E-state index >= 15 is 0 Å². The maximum atomic E-state index is 13.5. The monoisotopic (exact) mass is 553 g/mol. The number of hydrogen-bond donors (Lipinski definition) is 0. The summed E-state index contributed by atoms with van der Waals surface area (Å²) in [6.45, 7) is 6.55. The minimum absolute atomic E-state index is 0.0629. The zero-order chi connectivity index (χ0) is 28.1. The molecule has 0 amide bonds. The van der Waals surface area contributed by atoms with Crippen molar-refractivity contribution < 1.29 is 0 Å². The minimum atomic E-state index is -0.188. The summed E-state index contributed by atoms with van der Waals surface area (Å²) in [5.74, 6) is 0.550. The second kappa shape index (κ2) is 9.64. The lowest BCUT2D eigenvalue weighted by molar-refractivity contribution is 0.590. The van der Waals surface area contributed by atoms with Gasteiger partial charge in [-0.15, -0.1) is 5.10 Å². The number of benzene rings is 4. The average molecular weight is 554 g/mol. The molecule has 0 unspecified atom stereocenters. The first-order chi connectivity index (χ1) is 19.8. The number of para-hydroxylation sites is 1. The number of fused-ring (bicyclic) bond motifs is 2. The summed E-state index contributed by atoms with van der Waals surface area (Å²) in [5.41, 5.74) is 5.59. The number of hydrogen-bond acceptors (Lipinski definition) is 5. The standard InChI is InChI=1S/C34H27N5OS/c1-34(2,3)27-17-15-23(16-18-27)31-35-33-39(37-31)32(40)29(41-33)20-26-21-38(28-11-5-4-6-12-28)36-30(26)25-14-13-22-9-7-8-10-24(22)19-25/h4-21H,1-3H3/b29-20-. The zero-order valence-corrected chi connectivity index (χ0v) is 23.8. The molecule has 3 aromatic heterocycles. The maximum absolute atomic E-state index is 13.5. The normalized spacial score (nSPS) is 12.5. The molecule has 7 aromatic rings. The predicted molar refractivity (Wildman–Crippen MR) is 167 cm³/mol. The molecule has 0 spiro atoms. The summed E-state index contributed by atoms with van der Waals surface area (Å²) in [7, 11) is 0. The van der Waals surface area contributed by atoms with Crippen molar-refractivity contribution in [1.82, 2.24) is 24.4 Å². The van der Waals surface area contributed by atoms with Crippen molar-refractivity contribution in [2.45, 2.75) is 26.2 Å². The van der Waals surface area contributed by atoms with Gasteiger partial charge in [-0.05, 0) is 46.0 Å². The Morgan fingerprint density at radius 2 is 1.49 bits per heavy atom. The molecular formula is C34H27N5OS. The highest BCUT2D eigenvalue weighted by Gasteiger charge is 2.17. The van der Waals surface area contributed by atoms with Gasteiger partial charge < -0.3 is 0 Å². The fraction of sp³-hybridized carbons (Fsp3) is 0.118. The first-order valence-electron chi connectivity index (χ1n) is 13.5. The van der Waals surface area contributed by atoms with E-state index in [1.165, 1.54) is 26.8 Å². The van der Waals surface area contributed by atoms with Gasteiger partial charge in [-0.1, -0.05) is 111 Å². The number of nitrogens with zero attached hydrogens (tertiary/aromatic N) is 5. The van der Waals surface area contributed by atoms with Crippen molar-refractivity contribution in [2.75, 3.05) is 0 Å². The predicted octanol–water partition coefficient (Wildman–Crippen LogP) is 6.67. The molecule has 7 heteroatoms. The van der Waals surface area contributed by atoms with Gasteiger partial charge in [0.25, 0.3) is 5.56 Å². The molecule has 0 N–H and O–H groups in total. The third kappa shape index (κ3) is 4.64. The molecule has 0 saturated carbocycles. The van der Waals surface area contributed by atoms with Gasteiger partial charge in [0, 0.05) is 22.9 Å². The van der Waals surface area contributed by atoms with Crippen LogP contribution in [0.2, 0.25) is 0 Å². The van der Waals surface area contributed by atoms with Gasteiger partial charge in [0.1, 0.15) is 5.69 Å². The van der Waals surface area contributed by atoms with E-state index in [0.717, 1.165) is 33.5 Å². The van der Waals surface area contributed by atoms with E-state index in [1.54, 1.807) is 0 Å². The quantitative estimate of drug-likeness (QED) is 0.244. The van der Waals surface area contributed by atoms with Crippen LogP contribution in [-0.2, 0) is 5.41 Å². The number of aromatic nitrogens is 5. The van der Waals surface area contributed by atoms with E-state index in [4.69, 9.17) is 10.1 Å². The summed E-state index contributed by atoms with van der Waals surface area (Å²) < 4.78 is 3.82. The summed E-state index contributed by atoms with van der Waals surface area (Å²) in [6.07, 6.45) is 3.87. The van der Waals surface area contributed by atoms with Crippen LogP contribution in [-0.4, -0.2) is 24.4 Å². The molecule has 7 rings (SSSR count). The lowest BCUT2D eigenvalue weighted by Gasteiger charge is -2.18. The SMILES string of the molecule is CC(C)(C)c1ccc(-c2nc3s/c(=C\c4cn(-c5ccccc5)nc4-c4ccc5ccccc5c4)c(=O)n3n2)cc1.